The number of nitrogens with zero attached hydrogens (tertiary/aromatic N) is 1. The summed E-state index contributed by atoms with van der Waals surface area (Å²) in [5.41, 5.74) is 5.82. The molecule has 1 aliphatic heterocycles. The van der Waals surface area contributed by atoms with Crippen LogP contribution in [0.3, 0.4) is 0 Å². The maximum absolute atomic E-state index is 12.3. The molecule has 2 fully saturated rings. The highest BCUT2D eigenvalue weighted by Crippen LogP contribution is 2.29. The highest BCUT2D eigenvalue weighted by molar-refractivity contribution is 5.76. The molecule has 104 valence electrons. The van der Waals surface area contributed by atoms with Crippen LogP contribution < -0.4 is 5.73 Å². The van der Waals surface area contributed by atoms with E-state index in [-0.39, 0.29) is 0 Å². The van der Waals surface area contributed by atoms with Crippen molar-refractivity contribution in [2.24, 2.45) is 17.6 Å². The zero-order valence-electron chi connectivity index (χ0n) is 11.7. The fourth-order valence-electron chi connectivity index (χ4n) is 3.57. The number of carbonyl (C=O) groups is 1. The Kier molecular flexibility index (Phi) is 5.04. The fraction of sp³-hybridized carbons (Fsp3) is 0.933. The van der Waals surface area contributed by atoms with Crippen molar-refractivity contribution in [1.29, 1.82) is 0 Å². The zero-order valence-corrected chi connectivity index (χ0v) is 11.7. The quantitative estimate of drug-likeness (QED) is 0.835. The van der Waals surface area contributed by atoms with Crippen LogP contribution in [0.15, 0.2) is 0 Å². The van der Waals surface area contributed by atoms with Crippen LogP contribution in [-0.2, 0) is 4.79 Å². The highest BCUT2D eigenvalue weighted by atomic mass is 16.2. The number of likely N-dealkylation sites (tertiary alicyclic amines) is 1. The highest BCUT2D eigenvalue weighted by Gasteiger charge is 2.29. The number of rotatable bonds is 4. The number of hydrogen-bond acceptors (Lipinski definition) is 2. The lowest BCUT2D eigenvalue weighted by atomic mass is 9.91. The van der Waals surface area contributed by atoms with E-state index in [1.165, 1.54) is 25.7 Å². The largest absolute Gasteiger partial charge is 0.338 e. The van der Waals surface area contributed by atoms with Crippen LogP contribution in [0.1, 0.15) is 58.3 Å². The molecule has 1 heterocycles. The molecule has 1 saturated carbocycles. The minimum Gasteiger partial charge on any atom is -0.338 e. The zero-order chi connectivity index (χ0) is 13.0. The van der Waals surface area contributed by atoms with Crippen LogP contribution >= 0.6 is 0 Å². The number of carbonyl (C=O) groups excluding carboxylic acids is 1. The molecule has 0 bridgehead atoms. The molecule has 3 nitrogen and oxygen atoms in total. The third kappa shape index (κ3) is 3.47. The lowest BCUT2D eigenvalue weighted by Gasteiger charge is -2.38. The minimum atomic E-state index is 0.296. The Morgan fingerprint density at radius 3 is 2.67 bits per heavy atom. The summed E-state index contributed by atoms with van der Waals surface area (Å²) in [6.45, 7) is 3.81. The first-order valence-corrected chi connectivity index (χ1v) is 7.70. The van der Waals surface area contributed by atoms with Gasteiger partial charge in [-0.3, -0.25) is 4.79 Å². The van der Waals surface area contributed by atoms with Crippen LogP contribution in [0.4, 0.5) is 0 Å². The molecule has 1 aliphatic carbocycles. The second kappa shape index (κ2) is 6.55. The van der Waals surface area contributed by atoms with Crippen molar-refractivity contribution in [2.75, 3.05) is 13.1 Å². The van der Waals surface area contributed by atoms with Crippen molar-refractivity contribution < 1.29 is 4.79 Å². The van der Waals surface area contributed by atoms with Gasteiger partial charge < -0.3 is 10.6 Å². The van der Waals surface area contributed by atoms with E-state index in [4.69, 9.17) is 5.73 Å². The van der Waals surface area contributed by atoms with Crippen molar-refractivity contribution in [3.05, 3.63) is 0 Å². The van der Waals surface area contributed by atoms with Crippen LogP contribution in [0.25, 0.3) is 0 Å². The summed E-state index contributed by atoms with van der Waals surface area (Å²) in [6, 6.07) is 0.296. The minimum absolute atomic E-state index is 0.296. The molecular formula is C15H28N2O. The third-order valence-electron chi connectivity index (χ3n) is 4.81. The Morgan fingerprint density at radius 1 is 1.28 bits per heavy atom. The fourth-order valence-corrected chi connectivity index (χ4v) is 3.57. The summed E-state index contributed by atoms with van der Waals surface area (Å²) >= 11 is 0. The van der Waals surface area contributed by atoms with Gasteiger partial charge in [0.1, 0.15) is 0 Å². The van der Waals surface area contributed by atoms with Crippen LogP contribution in [-0.4, -0.2) is 29.9 Å². The van der Waals surface area contributed by atoms with Gasteiger partial charge >= 0.3 is 0 Å². The molecule has 3 heteroatoms. The summed E-state index contributed by atoms with van der Waals surface area (Å²) in [7, 11) is 0. The average molecular weight is 252 g/mol. The third-order valence-corrected chi connectivity index (χ3v) is 4.81. The lowest BCUT2D eigenvalue weighted by molar-refractivity contribution is -0.135. The molecule has 2 rings (SSSR count). The van der Waals surface area contributed by atoms with E-state index in [0.29, 0.717) is 18.5 Å². The number of piperidine rings is 1. The Bertz CT molecular complexity index is 274. The first-order chi connectivity index (χ1) is 8.70. The van der Waals surface area contributed by atoms with Gasteiger partial charge in [0.15, 0.2) is 0 Å². The van der Waals surface area contributed by atoms with E-state index in [2.05, 4.69) is 11.8 Å². The molecule has 1 saturated heterocycles. The predicted molar refractivity (Wildman–Crippen MR) is 74.1 cm³/mol. The van der Waals surface area contributed by atoms with E-state index in [9.17, 15) is 4.79 Å². The van der Waals surface area contributed by atoms with Crippen molar-refractivity contribution in [3.8, 4) is 0 Å². The lowest BCUT2D eigenvalue weighted by Crippen LogP contribution is -2.49. The summed E-state index contributed by atoms with van der Waals surface area (Å²) < 4.78 is 0. The Morgan fingerprint density at radius 2 is 2.00 bits per heavy atom. The second-order valence-electron chi connectivity index (χ2n) is 6.30. The van der Waals surface area contributed by atoms with Gasteiger partial charge in [-0.15, -0.1) is 0 Å². The van der Waals surface area contributed by atoms with Crippen LogP contribution in [0.5, 0.6) is 0 Å². The molecule has 2 N–H and O–H groups in total. The monoisotopic (exact) mass is 252 g/mol. The van der Waals surface area contributed by atoms with Gasteiger partial charge in [-0.1, -0.05) is 32.6 Å². The van der Waals surface area contributed by atoms with E-state index < -0.39 is 0 Å². The maximum atomic E-state index is 12.3. The van der Waals surface area contributed by atoms with Gasteiger partial charge in [0.2, 0.25) is 5.91 Å². The second-order valence-corrected chi connectivity index (χ2v) is 6.30. The molecule has 0 aromatic heterocycles. The molecule has 1 amide bonds. The van der Waals surface area contributed by atoms with Crippen LogP contribution in [0.2, 0.25) is 0 Å². The number of hydrogen-bond donors (Lipinski definition) is 1. The van der Waals surface area contributed by atoms with E-state index in [0.717, 1.165) is 44.1 Å². The standard InChI is InChI=1S/C15H28N2O/c1-12-8-9-17(14(10-12)11-16)15(18)7-6-13-4-2-3-5-13/h12-14H,2-11,16H2,1H3. The average Bonchev–Trinajstić information content (AvgIpc) is 2.88. The molecule has 2 unspecified atom stereocenters. The molecule has 18 heavy (non-hydrogen) atoms. The summed E-state index contributed by atoms with van der Waals surface area (Å²) in [5, 5.41) is 0. The van der Waals surface area contributed by atoms with E-state index in [1.54, 1.807) is 0 Å². The summed E-state index contributed by atoms with van der Waals surface area (Å²) in [5.74, 6) is 1.88. The first-order valence-electron chi connectivity index (χ1n) is 7.70. The first kappa shape index (κ1) is 13.9. The Balaban J connectivity index is 1.79. The predicted octanol–water partition coefficient (Wildman–Crippen LogP) is 2.54. The van der Waals surface area contributed by atoms with Gasteiger partial charge in [-0.05, 0) is 31.1 Å². The molecule has 0 aromatic carbocycles. The number of amides is 1. The van der Waals surface area contributed by atoms with Gasteiger partial charge in [-0.25, -0.2) is 0 Å². The van der Waals surface area contributed by atoms with Gasteiger partial charge in [0.05, 0.1) is 0 Å². The SMILES string of the molecule is CC1CCN(C(=O)CCC2CCCC2)C(CN)C1. The van der Waals surface area contributed by atoms with Crippen molar-refractivity contribution in [2.45, 2.75) is 64.3 Å². The van der Waals surface area contributed by atoms with Crippen molar-refractivity contribution >= 4 is 5.91 Å². The molecule has 0 spiro atoms. The van der Waals surface area contributed by atoms with Gasteiger partial charge in [0, 0.05) is 25.6 Å². The van der Waals surface area contributed by atoms with E-state index >= 15 is 0 Å². The van der Waals surface area contributed by atoms with Crippen LogP contribution in [0, 0.1) is 11.8 Å². The smallest absolute Gasteiger partial charge is 0.222 e. The normalized spacial score (nSPS) is 29.8. The van der Waals surface area contributed by atoms with Crippen molar-refractivity contribution in [1.82, 2.24) is 4.90 Å². The Labute approximate surface area is 111 Å². The van der Waals surface area contributed by atoms with Gasteiger partial charge in [-0.2, -0.15) is 0 Å². The maximum Gasteiger partial charge on any atom is 0.222 e. The molecule has 0 radical (unpaired) electrons. The van der Waals surface area contributed by atoms with E-state index in [1.807, 2.05) is 0 Å². The number of nitrogens with two attached hydrogens (primary N) is 1. The molecule has 2 atom stereocenters. The van der Waals surface area contributed by atoms with Crippen molar-refractivity contribution in [3.63, 3.8) is 0 Å². The topological polar surface area (TPSA) is 46.3 Å². The van der Waals surface area contributed by atoms with Gasteiger partial charge in [0.25, 0.3) is 0 Å². The Hall–Kier alpha value is -0.570. The molecule has 0 aromatic rings. The summed E-state index contributed by atoms with van der Waals surface area (Å²) in [4.78, 5) is 14.4. The summed E-state index contributed by atoms with van der Waals surface area (Å²) in [6.07, 6.45) is 9.49. The molecule has 2 aliphatic rings. The molecular weight excluding hydrogens is 224 g/mol.